The van der Waals surface area contributed by atoms with Crippen LogP contribution in [0, 0.1) is 6.92 Å². The average molecular weight is 408 g/mol. The average Bonchev–Trinajstić information content (AvgIpc) is 3.45. The number of benzene rings is 1. The molecule has 3 aromatic rings. The Bertz CT molecular complexity index is 1020. The number of rotatable bonds is 5. The minimum atomic E-state index is 0.126. The highest BCUT2D eigenvalue weighted by atomic mass is 32.1. The number of amides is 1. The third-order valence-electron chi connectivity index (χ3n) is 6.04. The van der Waals surface area contributed by atoms with Crippen LogP contribution < -0.4 is 4.74 Å². The first kappa shape index (κ1) is 18.5. The lowest BCUT2D eigenvalue weighted by Gasteiger charge is -2.38. The zero-order valence-corrected chi connectivity index (χ0v) is 17.6. The van der Waals surface area contributed by atoms with Crippen molar-refractivity contribution in [3.05, 3.63) is 75.7 Å². The third kappa shape index (κ3) is 3.36. The summed E-state index contributed by atoms with van der Waals surface area (Å²) in [6.07, 6.45) is 2.06. The van der Waals surface area contributed by atoms with Crippen molar-refractivity contribution in [2.45, 2.75) is 32.1 Å². The molecule has 1 fully saturated rings. The molecule has 5 nitrogen and oxygen atoms in total. The van der Waals surface area contributed by atoms with Gasteiger partial charge >= 0.3 is 0 Å². The van der Waals surface area contributed by atoms with Crippen molar-refractivity contribution in [3.8, 4) is 5.75 Å². The number of carbonyl (C=O) groups is 1. The molecule has 0 radical (unpaired) electrons. The Morgan fingerprint density at radius 2 is 1.83 bits per heavy atom. The number of likely N-dealkylation sites (tertiary alicyclic amines) is 1. The van der Waals surface area contributed by atoms with E-state index < -0.39 is 0 Å². The number of methoxy groups -OCH3 is 1. The Balaban J connectivity index is 1.41. The number of thiophene rings is 1. The molecule has 6 heteroatoms. The van der Waals surface area contributed by atoms with E-state index in [1.807, 2.05) is 35.6 Å². The molecule has 0 N–H and O–H groups in total. The van der Waals surface area contributed by atoms with E-state index in [4.69, 9.17) is 4.74 Å². The summed E-state index contributed by atoms with van der Waals surface area (Å²) in [5, 5.41) is 0. The minimum Gasteiger partial charge on any atom is -0.497 e. The van der Waals surface area contributed by atoms with Gasteiger partial charge in [-0.15, -0.1) is 11.3 Å². The van der Waals surface area contributed by atoms with Gasteiger partial charge in [-0.25, -0.2) is 0 Å². The lowest BCUT2D eigenvalue weighted by atomic mass is 10.0. The molecule has 0 spiro atoms. The minimum absolute atomic E-state index is 0.126. The topological polar surface area (TPSA) is 37.7 Å². The van der Waals surface area contributed by atoms with Crippen LogP contribution >= 0.6 is 11.3 Å². The van der Waals surface area contributed by atoms with Gasteiger partial charge in [0.05, 0.1) is 19.2 Å². The van der Waals surface area contributed by atoms with Crippen molar-refractivity contribution in [1.82, 2.24) is 14.4 Å². The molecule has 0 unspecified atom stereocenters. The Morgan fingerprint density at radius 1 is 1.03 bits per heavy atom. The standard InChI is InChI=1S/C23H25N3O2S/c1-16-5-10-19(29-16)13-24-14-21-22(15-24)26(23(27)20-4-3-11-25(20)21)12-17-6-8-18(28-2)9-7-17/h3-11,21-22H,12-15H2,1-2H3/t21-,22+/m0/s1. The zero-order chi connectivity index (χ0) is 20.0. The highest BCUT2D eigenvalue weighted by Gasteiger charge is 2.44. The van der Waals surface area contributed by atoms with Gasteiger partial charge in [-0.2, -0.15) is 0 Å². The molecule has 0 saturated carbocycles. The predicted molar refractivity (Wildman–Crippen MR) is 114 cm³/mol. The van der Waals surface area contributed by atoms with Gasteiger partial charge in [0.2, 0.25) is 0 Å². The number of ether oxygens (including phenoxy) is 1. The molecule has 1 aromatic carbocycles. The van der Waals surface area contributed by atoms with Crippen LogP contribution in [0.15, 0.2) is 54.7 Å². The number of fused-ring (bicyclic) bond motifs is 3. The summed E-state index contributed by atoms with van der Waals surface area (Å²) in [7, 11) is 1.67. The summed E-state index contributed by atoms with van der Waals surface area (Å²) in [5.41, 5.74) is 1.93. The number of hydrogen-bond donors (Lipinski definition) is 0. The van der Waals surface area contributed by atoms with Crippen molar-refractivity contribution >= 4 is 17.2 Å². The van der Waals surface area contributed by atoms with Crippen LogP contribution in [0.3, 0.4) is 0 Å². The molecule has 2 aliphatic heterocycles. The largest absolute Gasteiger partial charge is 0.497 e. The van der Waals surface area contributed by atoms with Crippen molar-refractivity contribution in [2.75, 3.05) is 20.2 Å². The molecule has 1 amide bonds. The fourth-order valence-corrected chi connectivity index (χ4v) is 5.56. The third-order valence-corrected chi connectivity index (χ3v) is 7.02. The first-order valence-electron chi connectivity index (χ1n) is 10.0. The second-order valence-electron chi connectivity index (χ2n) is 7.92. The fourth-order valence-electron chi connectivity index (χ4n) is 4.62. The van der Waals surface area contributed by atoms with Gasteiger partial charge in [0.15, 0.2) is 0 Å². The zero-order valence-electron chi connectivity index (χ0n) is 16.7. The van der Waals surface area contributed by atoms with Crippen LogP contribution in [0.5, 0.6) is 5.75 Å². The summed E-state index contributed by atoms with van der Waals surface area (Å²) in [4.78, 5) is 20.6. The SMILES string of the molecule is COc1ccc(CN2C(=O)c3cccn3[C@H]3CN(Cc4ccc(C)s4)C[C@H]32)cc1. The Labute approximate surface area is 175 Å². The Hall–Kier alpha value is -2.57. The monoisotopic (exact) mass is 407 g/mol. The van der Waals surface area contributed by atoms with E-state index in [9.17, 15) is 4.79 Å². The molecule has 1 saturated heterocycles. The first-order chi connectivity index (χ1) is 14.1. The fraction of sp³-hybridized carbons (Fsp3) is 0.348. The maximum absolute atomic E-state index is 13.3. The quantitative estimate of drug-likeness (QED) is 0.643. The van der Waals surface area contributed by atoms with Gasteiger partial charge < -0.3 is 14.2 Å². The van der Waals surface area contributed by atoms with Gasteiger partial charge in [-0.1, -0.05) is 12.1 Å². The van der Waals surface area contributed by atoms with Crippen LogP contribution in [0.2, 0.25) is 0 Å². The van der Waals surface area contributed by atoms with E-state index in [0.29, 0.717) is 12.6 Å². The molecule has 2 atom stereocenters. The highest BCUT2D eigenvalue weighted by Crippen LogP contribution is 2.35. The predicted octanol–water partition coefficient (Wildman–Crippen LogP) is 3.95. The lowest BCUT2D eigenvalue weighted by Crippen LogP contribution is -2.49. The molecular weight excluding hydrogens is 382 g/mol. The van der Waals surface area contributed by atoms with E-state index in [0.717, 1.165) is 36.6 Å². The molecule has 0 bridgehead atoms. The molecule has 2 aromatic heterocycles. The van der Waals surface area contributed by atoms with Crippen molar-refractivity contribution in [3.63, 3.8) is 0 Å². The van der Waals surface area contributed by atoms with Crippen LogP contribution in [0.1, 0.15) is 31.8 Å². The van der Waals surface area contributed by atoms with E-state index in [1.165, 1.54) is 9.75 Å². The molecule has 150 valence electrons. The normalized spacial score (nSPS) is 21.3. The van der Waals surface area contributed by atoms with Crippen molar-refractivity contribution in [2.24, 2.45) is 0 Å². The van der Waals surface area contributed by atoms with Gasteiger partial charge in [0.25, 0.3) is 5.91 Å². The second-order valence-corrected chi connectivity index (χ2v) is 9.30. The van der Waals surface area contributed by atoms with Gasteiger partial charge in [-0.05, 0) is 48.9 Å². The number of aryl methyl sites for hydroxylation is 1. The summed E-state index contributed by atoms with van der Waals surface area (Å²) in [5.74, 6) is 0.963. The molecule has 29 heavy (non-hydrogen) atoms. The van der Waals surface area contributed by atoms with Crippen LogP contribution in [0.4, 0.5) is 0 Å². The molecule has 2 aliphatic rings. The highest BCUT2D eigenvalue weighted by molar-refractivity contribution is 7.11. The maximum Gasteiger partial charge on any atom is 0.271 e. The van der Waals surface area contributed by atoms with E-state index >= 15 is 0 Å². The number of carbonyl (C=O) groups excluding carboxylic acids is 1. The van der Waals surface area contributed by atoms with Crippen LogP contribution in [-0.4, -0.2) is 46.5 Å². The summed E-state index contributed by atoms with van der Waals surface area (Å²) in [6.45, 7) is 5.60. The smallest absolute Gasteiger partial charge is 0.271 e. The van der Waals surface area contributed by atoms with Crippen LogP contribution in [-0.2, 0) is 13.1 Å². The van der Waals surface area contributed by atoms with Crippen molar-refractivity contribution in [1.29, 1.82) is 0 Å². The summed E-state index contributed by atoms with van der Waals surface area (Å²) in [6, 6.07) is 16.9. The maximum atomic E-state index is 13.3. The Morgan fingerprint density at radius 3 is 2.55 bits per heavy atom. The Kier molecular flexibility index (Phi) is 4.68. The van der Waals surface area contributed by atoms with Gasteiger partial charge in [0, 0.05) is 42.1 Å². The number of hydrogen-bond acceptors (Lipinski definition) is 4. The van der Waals surface area contributed by atoms with Gasteiger partial charge in [0.1, 0.15) is 11.4 Å². The van der Waals surface area contributed by atoms with E-state index in [-0.39, 0.29) is 11.9 Å². The lowest BCUT2D eigenvalue weighted by molar-refractivity contribution is 0.0556. The molecule has 0 aliphatic carbocycles. The van der Waals surface area contributed by atoms with E-state index in [2.05, 4.69) is 51.8 Å². The summed E-state index contributed by atoms with van der Waals surface area (Å²) >= 11 is 1.86. The van der Waals surface area contributed by atoms with Crippen LogP contribution in [0.25, 0.3) is 0 Å². The number of nitrogens with zero attached hydrogens (tertiary/aromatic N) is 3. The van der Waals surface area contributed by atoms with Crippen molar-refractivity contribution < 1.29 is 9.53 Å². The van der Waals surface area contributed by atoms with Gasteiger partial charge in [-0.3, -0.25) is 9.69 Å². The molecule has 5 rings (SSSR count). The first-order valence-corrected chi connectivity index (χ1v) is 10.8. The number of aromatic nitrogens is 1. The molecular formula is C23H25N3O2S. The second kappa shape index (κ2) is 7.35. The van der Waals surface area contributed by atoms with E-state index in [1.54, 1.807) is 7.11 Å². The molecule has 4 heterocycles. The summed E-state index contributed by atoms with van der Waals surface area (Å²) < 4.78 is 7.46.